The van der Waals surface area contributed by atoms with E-state index in [2.05, 4.69) is 20.5 Å². The summed E-state index contributed by atoms with van der Waals surface area (Å²) in [6.07, 6.45) is 3.46. The van der Waals surface area contributed by atoms with E-state index in [0.29, 0.717) is 0 Å². The number of hydrogen-bond donors (Lipinski definition) is 1. The summed E-state index contributed by atoms with van der Waals surface area (Å²) in [4.78, 5) is 8.31. The molecule has 0 spiro atoms. The molecule has 1 radical (unpaired) electrons. The van der Waals surface area contributed by atoms with Gasteiger partial charge >= 0.3 is 17.1 Å². The minimum atomic E-state index is 0. The average molecular weight is 374 g/mol. The van der Waals surface area contributed by atoms with Crippen molar-refractivity contribution in [2.24, 2.45) is 5.10 Å². The topological polar surface area (TPSA) is 113 Å². The van der Waals surface area contributed by atoms with Gasteiger partial charge in [0.05, 0.1) is 11.4 Å². The van der Waals surface area contributed by atoms with Crippen LogP contribution in [0.2, 0.25) is 0 Å². The standard InChI is InChI=1S/C12H12N4.2ClH.Mn.2H2O/c1-10(11-6-2-4-8-13-11)15-16-12-7-3-5-9-14-12;;;;;/h2-9H,1H3,(H,14,16);2*1H;;2*1H2/q;;;+2;;/p-2/b15-10+;;;;;. The summed E-state index contributed by atoms with van der Waals surface area (Å²) in [5.74, 6) is 0.720. The van der Waals surface area contributed by atoms with E-state index in [9.17, 15) is 0 Å². The smallest absolute Gasteiger partial charge is 1.00 e. The van der Waals surface area contributed by atoms with Crippen molar-refractivity contribution in [1.29, 1.82) is 0 Å². The molecule has 2 rings (SSSR count). The first-order chi connectivity index (χ1) is 7.86. The number of rotatable bonds is 3. The fourth-order valence-electron chi connectivity index (χ4n) is 1.20. The molecule has 0 amide bonds. The molecule has 21 heavy (non-hydrogen) atoms. The zero-order valence-corrected chi connectivity index (χ0v) is 13.8. The molecule has 0 aliphatic heterocycles. The van der Waals surface area contributed by atoms with E-state index in [-0.39, 0.29) is 52.8 Å². The van der Waals surface area contributed by atoms with Gasteiger partial charge in [0.15, 0.2) is 0 Å². The van der Waals surface area contributed by atoms with E-state index in [0.717, 1.165) is 17.2 Å². The van der Waals surface area contributed by atoms with Gasteiger partial charge in [0.2, 0.25) is 0 Å². The molecule has 9 heteroatoms. The molecule has 5 N–H and O–H groups in total. The molecule has 0 bridgehead atoms. The van der Waals surface area contributed by atoms with Crippen LogP contribution in [-0.2, 0) is 17.1 Å². The van der Waals surface area contributed by atoms with Gasteiger partial charge < -0.3 is 35.8 Å². The Hall–Kier alpha value is -1.21. The maximum atomic E-state index is 4.21. The van der Waals surface area contributed by atoms with Crippen LogP contribution in [0.15, 0.2) is 53.9 Å². The van der Waals surface area contributed by atoms with Crippen molar-refractivity contribution >= 4 is 11.5 Å². The van der Waals surface area contributed by atoms with Crippen LogP contribution in [0.25, 0.3) is 0 Å². The molecule has 2 heterocycles. The number of hydrogen-bond acceptors (Lipinski definition) is 4. The Morgan fingerprint density at radius 2 is 1.52 bits per heavy atom. The number of anilines is 1. The number of nitrogens with zero attached hydrogens (tertiary/aromatic N) is 3. The molecule has 0 unspecified atom stereocenters. The van der Waals surface area contributed by atoms with E-state index < -0.39 is 0 Å². The second-order valence-corrected chi connectivity index (χ2v) is 3.24. The summed E-state index contributed by atoms with van der Waals surface area (Å²) < 4.78 is 0. The molecular weight excluding hydrogens is 358 g/mol. The number of pyridine rings is 2. The van der Waals surface area contributed by atoms with E-state index in [1.807, 2.05) is 43.3 Å². The van der Waals surface area contributed by atoms with Crippen LogP contribution in [0.4, 0.5) is 5.82 Å². The predicted octanol–water partition coefficient (Wildman–Crippen LogP) is -5.33. The van der Waals surface area contributed by atoms with Crippen molar-refractivity contribution in [2.75, 3.05) is 5.43 Å². The van der Waals surface area contributed by atoms with Crippen LogP contribution in [0.3, 0.4) is 0 Å². The molecular formula is C12H16Cl2MnN4O2. The van der Waals surface area contributed by atoms with E-state index >= 15 is 0 Å². The van der Waals surface area contributed by atoms with E-state index in [4.69, 9.17) is 0 Å². The molecule has 117 valence electrons. The molecule has 0 atom stereocenters. The maximum absolute atomic E-state index is 4.21. The Balaban J connectivity index is -0.000000289. The van der Waals surface area contributed by atoms with Gasteiger partial charge in [-0.25, -0.2) is 4.98 Å². The molecule has 0 aliphatic rings. The van der Waals surface area contributed by atoms with Crippen molar-refractivity contribution in [3.8, 4) is 0 Å². The van der Waals surface area contributed by atoms with Crippen molar-refractivity contribution in [3.05, 3.63) is 54.5 Å². The van der Waals surface area contributed by atoms with Crippen molar-refractivity contribution in [1.82, 2.24) is 9.97 Å². The Morgan fingerprint density at radius 3 is 2.00 bits per heavy atom. The van der Waals surface area contributed by atoms with Crippen LogP contribution >= 0.6 is 0 Å². The van der Waals surface area contributed by atoms with Crippen LogP contribution < -0.4 is 30.2 Å². The van der Waals surface area contributed by atoms with Gasteiger partial charge in [0, 0.05) is 12.4 Å². The van der Waals surface area contributed by atoms with Crippen molar-refractivity contribution < 1.29 is 52.8 Å². The Kier molecular flexibility index (Phi) is 20.3. The van der Waals surface area contributed by atoms with E-state index in [1.54, 1.807) is 12.4 Å². The Bertz CT molecular complexity index is 489. The van der Waals surface area contributed by atoms with Crippen LogP contribution in [0.1, 0.15) is 12.6 Å². The van der Waals surface area contributed by atoms with Crippen LogP contribution in [0, 0.1) is 0 Å². The number of hydrazone groups is 1. The summed E-state index contributed by atoms with van der Waals surface area (Å²) in [7, 11) is 0. The zero-order chi connectivity index (χ0) is 11.2. The Labute approximate surface area is 146 Å². The molecule has 0 saturated carbocycles. The number of nitrogens with one attached hydrogen (secondary N) is 1. The summed E-state index contributed by atoms with van der Waals surface area (Å²) >= 11 is 0. The maximum Gasteiger partial charge on any atom is 2.00 e. The van der Waals surface area contributed by atoms with Crippen molar-refractivity contribution in [3.63, 3.8) is 0 Å². The van der Waals surface area contributed by atoms with Gasteiger partial charge in [0.1, 0.15) is 5.82 Å². The van der Waals surface area contributed by atoms with Gasteiger partial charge in [-0.2, -0.15) is 5.10 Å². The van der Waals surface area contributed by atoms with E-state index in [1.165, 1.54) is 0 Å². The van der Waals surface area contributed by atoms with Crippen LogP contribution in [0.5, 0.6) is 0 Å². The molecule has 6 nitrogen and oxygen atoms in total. The third-order valence-corrected chi connectivity index (χ3v) is 2.04. The SMILES string of the molecule is C/C(=N\Nc1ccccn1)c1ccccn1.O.O.[Cl-].[Cl-].[Mn+2]. The summed E-state index contributed by atoms with van der Waals surface area (Å²) in [6, 6.07) is 11.3. The molecule has 0 saturated heterocycles. The molecule has 0 fully saturated rings. The first-order valence-corrected chi connectivity index (χ1v) is 4.99. The van der Waals surface area contributed by atoms with Gasteiger partial charge in [-0.1, -0.05) is 12.1 Å². The first-order valence-electron chi connectivity index (χ1n) is 4.99. The van der Waals surface area contributed by atoms with Gasteiger partial charge in [-0.15, -0.1) is 0 Å². The quantitative estimate of drug-likeness (QED) is 0.329. The second kappa shape index (κ2) is 15.2. The second-order valence-electron chi connectivity index (χ2n) is 3.24. The largest absolute Gasteiger partial charge is 2.00 e. The summed E-state index contributed by atoms with van der Waals surface area (Å²) in [5, 5.41) is 4.21. The predicted molar refractivity (Wildman–Crippen MR) is 71.5 cm³/mol. The van der Waals surface area contributed by atoms with Gasteiger partial charge in [0.25, 0.3) is 0 Å². The fraction of sp³-hybridized carbons (Fsp3) is 0.0833. The average Bonchev–Trinajstić information content (AvgIpc) is 2.38. The monoisotopic (exact) mass is 373 g/mol. The van der Waals surface area contributed by atoms with Crippen molar-refractivity contribution in [2.45, 2.75) is 6.92 Å². The summed E-state index contributed by atoms with van der Waals surface area (Å²) in [6.45, 7) is 1.90. The molecule has 0 aromatic carbocycles. The first kappa shape index (κ1) is 28.0. The molecule has 2 aromatic rings. The minimum Gasteiger partial charge on any atom is -1.00 e. The van der Waals surface area contributed by atoms with Crippen LogP contribution in [-0.4, -0.2) is 26.6 Å². The van der Waals surface area contributed by atoms with Gasteiger partial charge in [-0.3, -0.25) is 10.4 Å². The fourth-order valence-corrected chi connectivity index (χ4v) is 1.20. The third-order valence-electron chi connectivity index (χ3n) is 2.04. The number of halogens is 2. The summed E-state index contributed by atoms with van der Waals surface area (Å²) in [5.41, 5.74) is 4.56. The molecule has 0 aliphatic carbocycles. The number of aromatic nitrogens is 2. The van der Waals surface area contributed by atoms with Gasteiger partial charge in [-0.05, 0) is 31.2 Å². The Morgan fingerprint density at radius 1 is 0.952 bits per heavy atom. The third kappa shape index (κ3) is 9.36. The minimum absolute atomic E-state index is 0. The molecule has 2 aromatic heterocycles. The normalized spacial score (nSPS) is 8.52. The zero-order valence-electron chi connectivity index (χ0n) is 11.1.